The average Bonchev–Trinajstić information content (AvgIpc) is 3.56. The molecule has 2 aromatic heterocycles. The number of carboxylic acid groups (broad SMARTS) is 1. The Morgan fingerprint density at radius 3 is 2.78 bits per heavy atom. The summed E-state index contributed by atoms with van der Waals surface area (Å²) in [6.45, 7) is 6.48. The summed E-state index contributed by atoms with van der Waals surface area (Å²) in [6, 6.07) is 1.62. The molecule has 2 N–H and O–H groups in total. The van der Waals surface area contributed by atoms with Crippen molar-refractivity contribution in [2.45, 2.75) is 31.5 Å². The smallest absolute Gasteiger partial charge is 0.432 e. The van der Waals surface area contributed by atoms with Crippen molar-refractivity contribution < 1.29 is 28.6 Å². The average molecular weight is 532 g/mol. The fourth-order valence-corrected chi connectivity index (χ4v) is 5.59. The van der Waals surface area contributed by atoms with Crippen LogP contribution < -0.4 is 10.1 Å². The molecule has 1 fully saturated rings. The highest BCUT2D eigenvalue weighted by molar-refractivity contribution is 7.16. The summed E-state index contributed by atoms with van der Waals surface area (Å²) in [5.41, 5.74) is -2.46. The first kappa shape index (κ1) is 25.2. The molecule has 5 rings (SSSR count). The Morgan fingerprint density at radius 2 is 2.11 bits per heavy atom. The molecule has 3 aliphatic heterocycles. The first-order chi connectivity index (χ1) is 17.6. The monoisotopic (exact) mass is 531 g/mol. The first-order valence-electron chi connectivity index (χ1n) is 11.7. The third kappa shape index (κ3) is 4.55. The fourth-order valence-electron chi connectivity index (χ4n) is 4.51. The number of alkyl halides is 1. The van der Waals surface area contributed by atoms with Crippen molar-refractivity contribution in [2.24, 2.45) is 15.0 Å². The number of hydrogen-bond acceptors (Lipinski definition) is 10. The number of halogens is 1. The molecule has 0 saturated carbocycles. The minimum Gasteiger partial charge on any atom is -0.478 e. The number of nitrogens with zero attached hydrogens (tertiary/aromatic N) is 6. The number of aromatic nitrogens is 2. The molecule has 5 heterocycles. The number of carbonyl (C=O) groups is 2. The lowest BCUT2D eigenvalue weighted by atomic mass is 9.76. The lowest BCUT2D eigenvalue weighted by Crippen LogP contribution is -2.56. The largest absolute Gasteiger partial charge is 0.478 e. The van der Waals surface area contributed by atoms with Gasteiger partial charge in [0, 0.05) is 32.3 Å². The highest BCUT2D eigenvalue weighted by Crippen LogP contribution is 2.42. The van der Waals surface area contributed by atoms with Gasteiger partial charge >= 0.3 is 6.09 Å². The van der Waals surface area contributed by atoms with Gasteiger partial charge in [0.25, 0.3) is 11.8 Å². The van der Waals surface area contributed by atoms with Gasteiger partial charge in [-0.25, -0.2) is 24.2 Å². The third-order valence-electron chi connectivity index (χ3n) is 6.66. The van der Waals surface area contributed by atoms with E-state index in [0.717, 1.165) is 0 Å². The van der Waals surface area contributed by atoms with Gasteiger partial charge in [0.2, 0.25) is 5.96 Å². The van der Waals surface area contributed by atoms with Crippen molar-refractivity contribution in [2.75, 3.05) is 45.3 Å². The number of morpholine rings is 1. The van der Waals surface area contributed by atoms with Crippen LogP contribution in [-0.4, -0.2) is 101 Å². The predicted molar refractivity (Wildman–Crippen MR) is 136 cm³/mol. The number of rotatable bonds is 6. The Kier molecular flexibility index (Phi) is 6.41. The Morgan fingerprint density at radius 1 is 1.35 bits per heavy atom. The molecular formula is C23H26FN7O5S. The van der Waals surface area contributed by atoms with E-state index in [1.807, 2.05) is 0 Å². The van der Waals surface area contributed by atoms with Crippen molar-refractivity contribution >= 4 is 46.9 Å². The number of methoxy groups -OCH3 is 1. The highest BCUT2D eigenvalue weighted by Gasteiger charge is 2.53. The van der Waals surface area contributed by atoms with Crippen LogP contribution in [-0.2, 0) is 4.74 Å². The molecule has 1 saturated heterocycles. The van der Waals surface area contributed by atoms with E-state index in [-0.39, 0.29) is 35.6 Å². The normalized spacial score (nSPS) is 23.0. The van der Waals surface area contributed by atoms with Gasteiger partial charge in [-0.2, -0.15) is 4.68 Å². The number of carbonyl (C=O) groups excluding carboxylic acids is 1. The number of thiophene rings is 1. The van der Waals surface area contributed by atoms with Gasteiger partial charge in [0.15, 0.2) is 5.67 Å². The van der Waals surface area contributed by atoms with E-state index in [0.29, 0.717) is 52.8 Å². The van der Waals surface area contributed by atoms with Crippen LogP contribution in [0.15, 0.2) is 27.2 Å². The summed E-state index contributed by atoms with van der Waals surface area (Å²) in [6.07, 6.45) is 1.52. The van der Waals surface area contributed by atoms with Crippen LogP contribution >= 0.6 is 11.3 Å². The molecule has 3 aliphatic rings. The minimum absolute atomic E-state index is 0.0148. The number of anilines is 1. The maximum absolute atomic E-state index is 17.2. The van der Waals surface area contributed by atoms with Crippen molar-refractivity contribution in [1.29, 1.82) is 0 Å². The number of amides is 1. The number of guanidine groups is 1. The summed E-state index contributed by atoms with van der Waals surface area (Å²) in [4.78, 5) is 39.8. The fraction of sp³-hybridized carbons (Fsp3) is 0.478. The molecule has 12 nitrogen and oxygen atoms in total. The van der Waals surface area contributed by atoms with E-state index in [1.54, 1.807) is 19.9 Å². The molecule has 2 aromatic rings. The van der Waals surface area contributed by atoms with E-state index in [1.165, 1.54) is 30.9 Å². The zero-order chi connectivity index (χ0) is 26.4. The minimum atomic E-state index is -1.97. The third-order valence-corrected chi connectivity index (χ3v) is 7.74. The summed E-state index contributed by atoms with van der Waals surface area (Å²) < 4.78 is 28.5. The zero-order valence-corrected chi connectivity index (χ0v) is 21.3. The van der Waals surface area contributed by atoms with Crippen LogP contribution in [0, 0.1) is 0 Å². The van der Waals surface area contributed by atoms with E-state index < -0.39 is 17.3 Å². The van der Waals surface area contributed by atoms with Gasteiger partial charge < -0.3 is 19.9 Å². The Balaban J connectivity index is 1.53. The summed E-state index contributed by atoms with van der Waals surface area (Å²) in [7, 11) is 1.35. The zero-order valence-electron chi connectivity index (χ0n) is 20.5. The molecule has 37 heavy (non-hydrogen) atoms. The second-order valence-corrected chi connectivity index (χ2v) is 10.4. The molecule has 0 radical (unpaired) electrons. The van der Waals surface area contributed by atoms with E-state index in [9.17, 15) is 14.7 Å². The SMILES string of the molecule is COc1nn(C(=O)O)cc1NC1=NC(C)(C)C(F)(CCN2CCOCC2)C(c2cc3c(s2)C=NC3=O)=N1. The van der Waals surface area contributed by atoms with Crippen LogP contribution in [0.2, 0.25) is 0 Å². The van der Waals surface area contributed by atoms with Gasteiger partial charge in [-0.1, -0.05) is 0 Å². The quantitative estimate of drug-likeness (QED) is 0.579. The molecule has 0 bridgehead atoms. The maximum Gasteiger partial charge on any atom is 0.432 e. The Labute approximate surface area is 215 Å². The molecule has 0 spiro atoms. The first-order valence-corrected chi connectivity index (χ1v) is 12.5. The Hall–Kier alpha value is -3.49. The van der Waals surface area contributed by atoms with Crippen LogP contribution in [0.3, 0.4) is 0 Å². The lowest BCUT2D eigenvalue weighted by molar-refractivity contribution is 0.0272. The summed E-state index contributed by atoms with van der Waals surface area (Å²) >= 11 is 1.24. The van der Waals surface area contributed by atoms with E-state index in [4.69, 9.17) is 9.47 Å². The van der Waals surface area contributed by atoms with Crippen LogP contribution in [0.5, 0.6) is 5.88 Å². The summed E-state index contributed by atoms with van der Waals surface area (Å²) in [5, 5.41) is 16.1. The Bertz CT molecular complexity index is 1340. The van der Waals surface area contributed by atoms with Gasteiger partial charge in [-0.15, -0.1) is 16.4 Å². The van der Waals surface area contributed by atoms with Gasteiger partial charge in [0.1, 0.15) is 11.4 Å². The number of ether oxygens (including phenoxy) is 2. The highest BCUT2D eigenvalue weighted by atomic mass is 32.1. The van der Waals surface area contributed by atoms with Crippen molar-refractivity contribution in [3.05, 3.63) is 27.6 Å². The molecule has 1 unspecified atom stereocenters. The standard InChI is InChI=1S/C23H26FN7O5S/c1-22(2)23(24,4-5-30-6-8-36-9-7-30)17(15-10-13-16(37-15)11-25-18(13)32)27-20(28-22)26-14-12-31(21(33)34)29-19(14)35-3/h10-12H,4-9H2,1-3H3,(H,26,28)(H,33,34). The van der Waals surface area contributed by atoms with Crippen LogP contribution in [0.25, 0.3) is 0 Å². The van der Waals surface area contributed by atoms with Crippen molar-refractivity contribution in [1.82, 2.24) is 14.7 Å². The van der Waals surface area contributed by atoms with Gasteiger partial charge in [-0.05, 0) is 19.9 Å². The molecule has 14 heteroatoms. The number of aliphatic imine (C=N–C) groups is 3. The molecule has 1 atom stereocenters. The molecule has 1 amide bonds. The van der Waals surface area contributed by atoms with Gasteiger partial charge in [-0.3, -0.25) is 9.69 Å². The number of nitrogens with one attached hydrogen (secondary N) is 1. The topological polar surface area (TPSA) is 143 Å². The second kappa shape index (κ2) is 9.43. The van der Waals surface area contributed by atoms with Gasteiger partial charge in [0.05, 0.1) is 47.4 Å². The van der Waals surface area contributed by atoms with E-state index in [2.05, 4.69) is 30.3 Å². The van der Waals surface area contributed by atoms with Crippen LogP contribution in [0.1, 0.15) is 40.4 Å². The summed E-state index contributed by atoms with van der Waals surface area (Å²) in [5.74, 6) is -0.291. The van der Waals surface area contributed by atoms with Crippen molar-refractivity contribution in [3.8, 4) is 5.88 Å². The lowest BCUT2D eigenvalue weighted by Gasteiger charge is -2.42. The van der Waals surface area contributed by atoms with E-state index >= 15 is 4.39 Å². The molecular weight excluding hydrogens is 505 g/mol. The maximum atomic E-state index is 17.2. The predicted octanol–water partition coefficient (Wildman–Crippen LogP) is 2.53. The number of hydrogen-bond donors (Lipinski definition) is 2. The molecule has 0 aromatic carbocycles. The molecule has 0 aliphatic carbocycles. The molecule has 196 valence electrons. The second-order valence-electron chi connectivity index (χ2n) is 9.32. The van der Waals surface area contributed by atoms with Crippen LogP contribution in [0.4, 0.5) is 14.9 Å². The van der Waals surface area contributed by atoms with Crippen molar-refractivity contribution in [3.63, 3.8) is 0 Å². The number of fused-ring (bicyclic) bond motifs is 1.